The van der Waals surface area contributed by atoms with Gasteiger partial charge < -0.3 is 15.2 Å². The molecule has 1 atom stereocenters. The molecule has 4 heterocycles. The lowest BCUT2D eigenvalue weighted by Crippen LogP contribution is -2.35. The number of nitrogens with zero attached hydrogens (tertiary/aromatic N) is 4. The first-order valence-corrected chi connectivity index (χ1v) is 9.90. The van der Waals surface area contributed by atoms with Crippen molar-refractivity contribution in [3.05, 3.63) is 48.6 Å². The van der Waals surface area contributed by atoms with Gasteiger partial charge in [-0.2, -0.15) is 4.98 Å². The van der Waals surface area contributed by atoms with Gasteiger partial charge in [0.15, 0.2) is 0 Å². The van der Waals surface area contributed by atoms with Crippen molar-refractivity contribution < 1.29 is 8.78 Å². The van der Waals surface area contributed by atoms with Gasteiger partial charge in [-0.25, -0.2) is 18.8 Å². The Kier molecular flexibility index (Phi) is 4.22. The minimum atomic E-state index is -2.54. The monoisotopic (exact) mass is 396 g/mol. The average Bonchev–Trinajstić information content (AvgIpc) is 3.13. The highest BCUT2D eigenvalue weighted by molar-refractivity contribution is 6.03. The molecule has 3 aliphatic rings. The van der Waals surface area contributed by atoms with E-state index < -0.39 is 5.92 Å². The van der Waals surface area contributed by atoms with Gasteiger partial charge >= 0.3 is 0 Å². The van der Waals surface area contributed by atoms with Crippen molar-refractivity contribution in [3.8, 4) is 0 Å². The molecule has 0 saturated heterocycles. The van der Waals surface area contributed by atoms with Crippen LogP contribution in [0.15, 0.2) is 48.0 Å². The molecule has 1 aliphatic carbocycles. The van der Waals surface area contributed by atoms with E-state index in [0.29, 0.717) is 18.8 Å². The molecular weight excluding hydrogens is 374 g/mol. The molecule has 8 heteroatoms. The number of fused-ring (bicyclic) bond motifs is 2. The summed E-state index contributed by atoms with van der Waals surface area (Å²) in [6, 6.07) is 0.222. The number of amidine groups is 1. The second-order valence-electron chi connectivity index (χ2n) is 7.83. The fraction of sp³-hybridized carbons (Fsp3) is 0.381. The molecule has 5 rings (SSSR count). The number of anilines is 1. The van der Waals surface area contributed by atoms with E-state index in [0.717, 1.165) is 28.0 Å². The van der Waals surface area contributed by atoms with E-state index >= 15 is 0 Å². The number of hydrogen-bond acceptors (Lipinski definition) is 5. The number of aliphatic imine (C=N–C) groups is 1. The molecule has 0 amide bonds. The van der Waals surface area contributed by atoms with Crippen LogP contribution in [0, 0.1) is 0 Å². The zero-order valence-corrected chi connectivity index (χ0v) is 16.1. The van der Waals surface area contributed by atoms with Gasteiger partial charge in [0.25, 0.3) is 0 Å². The van der Waals surface area contributed by atoms with E-state index in [1.54, 1.807) is 6.20 Å². The molecule has 0 spiro atoms. The van der Waals surface area contributed by atoms with Crippen LogP contribution < -0.4 is 5.32 Å². The topological polar surface area (TPSA) is 69.2 Å². The number of nitrogens with one attached hydrogen (secondary N) is 2. The summed E-state index contributed by atoms with van der Waals surface area (Å²) >= 11 is 0. The Bertz CT molecular complexity index is 1050. The van der Waals surface area contributed by atoms with Crippen molar-refractivity contribution in [2.24, 2.45) is 4.99 Å². The standard InChI is InChI=1S/C21H22F2N6/c1-13-6-9-24-18-3-2-14(12-29(13)18)16-10-25-19-17(16)11-26-20(28-19)27-15-4-7-21(22,23)8-5-15/h2-3,6,9-13,15H,4-5,7-8H2,1H3,(H2,25,26,27,28). The van der Waals surface area contributed by atoms with Crippen LogP contribution in [0.4, 0.5) is 14.7 Å². The highest BCUT2D eigenvalue weighted by atomic mass is 19.3. The summed E-state index contributed by atoms with van der Waals surface area (Å²) in [5.41, 5.74) is 2.79. The maximum atomic E-state index is 13.3. The minimum absolute atomic E-state index is 0.0168. The van der Waals surface area contributed by atoms with E-state index in [1.165, 1.54) is 0 Å². The first-order valence-electron chi connectivity index (χ1n) is 9.90. The summed E-state index contributed by atoms with van der Waals surface area (Å²) in [6.45, 7) is 2.12. The second kappa shape index (κ2) is 6.79. The van der Waals surface area contributed by atoms with Gasteiger partial charge in [0.05, 0.1) is 6.04 Å². The van der Waals surface area contributed by atoms with Crippen LogP contribution in [-0.2, 0) is 0 Å². The molecular formula is C21H22F2N6. The minimum Gasteiger partial charge on any atom is -0.351 e. The van der Waals surface area contributed by atoms with Gasteiger partial charge in [-0.3, -0.25) is 0 Å². The summed E-state index contributed by atoms with van der Waals surface area (Å²) in [5.74, 6) is -1.15. The maximum absolute atomic E-state index is 13.3. The number of halogens is 2. The molecule has 2 aromatic rings. The number of allylic oxidation sites excluding steroid dienone is 2. The largest absolute Gasteiger partial charge is 0.351 e. The van der Waals surface area contributed by atoms with E-state index in [-0.39, 0.29) is 24.9 Å². The summed E-state index contributed by atoms with van der Waals surface area (Å²) in [5, 5.41) is 4.13. The third kappa shape index (κ3) is 3.43. The van der Waals surface area contributed by atoms with E-state index in [9.17, 15) is 8.78 Å². The van der Waals surface area contributed by atoms with Crippen molar-refractivity contribution in [1.82, 2.24) is 19.9 Å². The van der Waals surface area contributed by atoms with Gasteiger partial charge in [0.1, 0.15) is 11.5 Å². The number of aromatic nitrogens is 3. The van der Waals surface area contributed by atoms with E-state index in [2.05, 4.69) is 43.3 Å². The molecule has 1 fully saturated rings. The van der Waals surface area contributed by atoms with Crippen LogP contribution in [0.5, 0.6) is 0 Å². The Balaban J connectivity index is 1.37. The van der Waals surface area contributed by atoms with Crippen molar-refractivity contribution >= 4 is 28.4 Å². The van der Waals surface area contributed by atoms with Crippen LogP contribution in [0.3, 0.4) is 0 Å². The molecule has 0 bridgehead atoms. The summed E-state index contributed by atoms with van der Waals surface area (Å²) in [6.07, 6.45) is 14.4. The predicted octanol–water partition coefficient (Wildman–Crippen LogP) is 4.47. The third-order valence-electron chi connectivity index (χ3n) is 5.76. The number of hydrogen-bond donors (Lipinski definition) is 2. The quantitative estimate of drug-likeness (QED) is 0.803. The summed E-state index contributed by atoms with van der Waals surface area (Å²) < 4.78 is 26.7. The lowest BCUT2D eigenvalue weighted by molar-refractivity contribution is -0.0361. The number of H-pyrrole nitrogens is 1. The second-order valence-corrected chi connectivity index (χ2v) is 7.83. The zero-order valence-electron chi connectivity index (χ0n) is 16.1. The Morgan fingerprint density at radius 3 is 2.90 bits per heavy atom. The summed E-state index contributed by atoms with van der Waals surface area (Å²) in [4.78, 5) is 18.7. The highest BCUT2D eigenvalue weighted by Crippen LogP contribution is 2.34. The highest BCUT2D eigenvalue weighted by Gasteiger charge is 2.35. The first kappa shape index (κ1) is 18.0. The summed E-state index contributed by atoms with van der Waals surface area (Å²) in [7, 11) is 0. The number of alkyl halides is 2. The van der Waals surface area contributed by atoms with Gasteiger partial charge in [0, 0.05) is 60.2 Å². The fourth-order valence-electron chi connectivity index (χ4n) is 4.02. The zero-order chi connectivity index (χ0) is 20.0. The van der Waals surface area contributed by atoms with Crippen molar-refractivity contribution in [1.29, 1.82) is 0 Å². The normalized spacial score (nSPS) is 23.7. The molecule has 150 valence electrons. The average molecular weight is 396 g/mol. The molecule has 2 aromatic heterocycles. The predicted molar refractivity (Wildman–Crippen MR) is 110 cm³/mol. The van der Waals surface area contributed by atoms with Gasteiger partial charge in [-0.05, 0) is 38.0 Å². The number of aromatic amines is 1. The molecule has 2 aliphatic heterocycles. The molecule has 1 unspecified atom stereocenters. The number of rotatable bonds is 3. The van der Waals surface area contributed by atoms with Crippen molar-refractivity contribution in [2.45, 2.75) is 50.6 Å². The molecule has 6 nitrogen and oxygen atoms in total. The Hall–Kier alpha value is -3.03. The van der Waals surface area contributed by atoms with Crippen LogP contribution in [0.25, 0.3) is 16.6 Å². The molecule has 1 saturated carbocycles. The molecule has 2 N–H and O–H groups in total. The Labute approximate surface area is 167 Å². The maximum Gasteiger partial charge on any atom is 0.248 e. The Morgan fingerprint density at radius 2 is 2.07 bits per heavy atom. The van der Waals surface area contributed by atoms with Crippen LogP contribution in [0.2, 0.25) is 0 Å². The van der Waals surface area contributed by atoms with Crippen molar-refractivity contribution in [2.75, 3.05) is 5.32 Å². The van der Waals surface area contributed by atoms with Gasteiger partial charge in [0.2, 0.25) is 11.9 Å². The van der Waals surface area contributed by atoms with Crippen LogP contribution in [0.1, 0.15) is 38.2 Å². The lowest BCUT2D eigenvalue weighted by atomic mass is 9.92. The van der Waals surface area contributed by atoms with Crippen molar-refractivity contribution in [3.63, 3.8) is 0 Å². The lowest BCUT2D eigenvalue weighted by Gasteiger charge is -2.30. The van der Waals surface area contributed by atoms with E-state index in [4.69, 9.17) is 0 Å². The smallest absolute Gasteiger partial charge is 0.248 e. The van der Waals surface area contributed by atoms with E-state index in [1.807, 2.05) is 30.6 Å². The van der Waals surface area contributed by atoms with Crippen LogP contribution in [-0.4, -0.2) is 43.7 Å². The Morgan fingerprint density at radius 1 is 1.24 bits per heavy atom. The first-order chi connectivity index (χ1) is 14.0. The SMILES string of the molecule is CC1C=CN=C2C=CC(c3c[nH]c4nc(NC5CCC(F)(F)CC5)ncc34)=CN21. The molecule has 0 aromatic carbocycles. The van der Waals surface area contributed by atoms with Gasteiger partial charge in [-0.1, -0.05) is 0 Å². The fourth-order valence-corrected chi connectivity index (χ4v) is 4.02. The molecule has 0 radical (unpaired) electrons. The van der Waals surface area contributed by atoms with Crippen LogP contribution >= 0.6 is 0 Å². The molecule has 29 heavy (non-hydrogen) atoms. The van der Waals surface area contributed by atoms with Gasteiger partial charge in [-0.15, -0.1) is 0 Å². The third-order valence-corrected chi connectivity index (χ3v) is 5.76.